The molecule has 0 bridgehead atoms. The summed E-state index contributed by atoms with van der Waals surface area (Å²) in [6.07, 6.45) is 4.71. The van der Waals surface area contributed by atoms with Crippen molar-refractivity contribution in [3.8, 4) is 5.75 Å². The van der Waals surface area contributed by atoms with Crippen molar-refractivity contribution in [1.82, 2.24) is 0 Å². The van der Waals surface area contributed by atoms with Gasteiger partial charge in [-0.2, -0.15) is 0 Å². The SMILES string of the molecule is COc1cc2c(cc1F)C(=Cc1ccc(S(C)=O)cc1)C(C)=C2CC=O. The van der Waals surface area contributed by atoms with Crippen molar-refractivity contribution in [3.63, 3.8) is 0 Å². The second kappa shape index (κ2) is 7.38. The number of allylic oxidation sites excluding steroid dienone is 3. The van der Waals surface area contributed by atoms with E-state index in [0.717, 1.165) is 44.6 Å². The molecular weight excluding hydrogens is 351 g/mol. The number of hydrogen-bond donors (Lipinski definition) is 0. The molecule has 0 heterocycles. The van der Waals surface area contributed by atoms with Crippen LogP contribution in [0.15, 0.2) is 46.9 Å². The number of carbonyl (C=O) groups is 1. The summed E-state index contributed by atoms with van der Waals surface area (Å²) in [6, 6.07) is 10.5. The molecular formula is C21H19FO3S. The van der Waals surface area contributed by atoms with Crippen LogP contribution in [0, 0.1) is 5.82 Å². The molecule has 0 saturated heterocycles. The average molecular weight is 370 g/mol. The molecule has 3 nitrogen and oxygen atoms in total. The maximum atomic E-state index is 14.3. The number of halogens is 1. The van der Waals surface area contributed by atoms with Crippen LogP contribution in [0.3, 0.4) is 0 Å². The third kappa shape index (κ3) is 3.27. The molecule has 0 aromatic heterocycles. The summed E-state index contributed by atoms with van der Waals surface area (Å²) < 4.78 is 30.9. The summed E-state index contributed by atoms with van der Waals surface area (Å²) in [7, 11) is 0.390. The number of aldehydes is 1. The van der Waals surface area contributed by atoms with E-state index < -0.39 is 16.6 Å². The lowest BCUT2D eigenvalue weighted by molar-refractivity contribution is -0.107. The number of fused-ring (bicyclic) bond motifs is 1. The van der Waals surface area contributed by atoms with Gasteiger partial charge < -0.3 is 9.53 Å². The first-order valence-electron chi connectivity index (χ1n) is 8.13. The van der Waals surface area contributed by atoms with Gasteiger partial charge in [0, 0.05) is 28.4 Å². The third-order valence-electron chi connectivity index (χ3n) is 4.57. The molecule has 26 heavy (non-hydrogen) atoms. The molecule has 1 aliphatic rings. The van der Waals surface area contributed by atoms with E-state index >= 15 is 0 Å². The van der Waals surface area contributed by atoms with E-state index in [1.807, 2.05) is 37.3 Å². The fourth-order valence-electron chi connectivity index (χ4n) is 3.20. The number of benzene rings is 2. The monoisotopic (exact) mass is 370 g/mol. The van der Waals surface area contributed by atoms with E-state index in [1.54, 1.807) is 12.3 Å². The normalized spacial score (nSPS) is 15.9. The van der Waals surface area contributed by atoms with E-state index in [4.69, 9.17) is 4.74 Å². The molecule has 0 aliphatic heterocycles. The van der Waals surface area contributed by atoms with Gasteiger partial charge in [0.1, 0.15) is 6.29 Å². The Morgan fingerprint density at radius 3 is 2.42 bits per heavy atom. The van der Waals surface area contributed by atoms with Crippen LogP contribution in [0.2, 0.25) is 0 Å². The van der Waals surface area contributed by atoms with E-state index in [2.05, 4.69) is 0 Å². The van der Waals surface area contributed by atoms with Gasteiger partial charge in [0.25, 0.3) is 0 Å². The molecule has 3 rings (SSSR count). The molecule has 0 radical (unpaired) electrons. The fourth-order valence-corrected chi connectivity index (χ4v) is 3.72. The molecule has 0 saturated carbocycles. The predicted octanol–water partition coefficient (Wildman–Crippen LogP) is 4.49. The van der Waals surface area contributed by atoms with Crippen molar-refractivity contribution in [2.45, 2.75) is 18.2 Å². The van der Waals surface area contributed by atoms with Gasteiger partial charge in [0.05, 0.1) is 7.11 Å². The van der Waals surface area contributed by atoms with Crippen molar-refractivity contribution in [2.75, 3.05) is 13.4 Å². The topological polar surface area (TPSA) is 43.4 Å². The lowest BCUT2D eigenvalue weighted by Gasteiger charge is -2.08. The van der Waals surface area contributed by atoms with Crippen molar-refractivity contribution in [2.24, 2.45) is 0 Å². The molecule has 0 fully saturated rings. The quantitative estimate of drug-likeness (QED) is 0.729. The number of carbonyl (C=O) groups excluding carboxylic acids is 1. The molecule has 134 valence electrons. The zero-order valence-corrected chi connectivity index (χ0v) is 15.7. The summed E-state index contributed by atoms with van der Waals surface area (Å²) in [5.74, 6) is -0.273. The van der Waals surface area contributed by atoms with Crippen molar-refractivity contribution < 1.29 is 18.1 Å². The molecule has 1 unspecified atom stereocenters. The Morgan fingerprint density at radius 1 is 1.15 bits per heavy atom. The largest absolute Gasteiger partial charge is 0.494 e. The lowest BCUT2D eigenvalue weighted by Crippen LogP contribution is -1.93. The van der Waals surface area contributed by atoms with Crippen LogP contribution in [0.25, 0.3) is 17.2 Å². The molecule has 0 amide bonds. The molecule has 2 aromatic rings. The highest BCUT2D eigenvalue weighted by Gasteiger charge is 2.25. The smallest absolute Gasteiger partial charge is 0.165 e. The van der Waals surface area contributed by atoms with Gasteiger partial charge in [-0.05, 0) is 70.7 Å². The van der Waals surface area contributed by atoms with Crippen LogP contribution in [-0.4, -0.2) is 23.9 Å². The van der Waals surface area contributed by atoms with E-state index in [1.165, 1.54) is 13.2 Å². The fraction of sp³-hybridized carbons (Fsp3) is 0.190. The van der Waals surface area contributed by atoms with Gasteiger partial charge in [0.2, 0.25) is 0 Å². The molecule has 5 heteroatoms. The first kappa shape index (κ1) is 18.3. The maximum absolute atomic E-state index is 14.3. The number of methoxy groups -OCH3 is 1. The molecule has 0 N–H and O–H groups in total. The number of hydrogen-bond acceptors (Lipinski definition) is 3. The summed E-state index contributed by atoms with van der Waals surface area (Å²) >= 11 is 0. The number of ether oxygens (including phenoxy) is 1. The minimum absolute atomic E-state index is 0.163. The summed E-state index contributed by atoms with van der Waals surface area (Å²) in [6.45, 7) is 1.94. The van der Waals surface area contributed by atoms with Gasteiger partial charge in [-0.15, -0.1) is 0 Å². The predicted molar refractivity (Wildman–Crippen MR) is 103 cm³/mol. The van der Waals surface area contributed by atoms with Crippen molar-refractivity contribution >= 4 is 34.3 Å². The Bertz CT molecular complexity index is 956. The number of rotatable bonds is 5. The average Bonchev–Trinajstić information content (AvgIpc) is 2.87. The molecule has 1 aliphatic carbocycles. The highest BCUT2D eigenvalue weighted by molar-refractivity contribution is 7.84. The van der Waals surface area contributed by atoms with Crippen LogP contribution in [0.1, 0.15) is 30.0 Å². The van der Waals surface area contributed by atoms with Crippen LogP contribution in [0.4, 0.5) is 4.39 Å². The summed E-state index contributed by atoms with van der Waals surface area (Å²) in [5.41, 5.74) is 5.20. The Labute approximate surface area is 154 Å². The first-order chi connectivity index (χ1) is 12.5. The molecule has 0 spiro atoms. The standard InChI is InChI=1S/C21H19FO3S/c1-13-16(8-9-23)19-12-21(25-2)20(22)11-18(19)17(13)10-14-4-6-15(7-5-14)26(3)24/h4-7,9-12H,8H2,1-3H3. The second-order valence-electron chi connectivity index (χ2n) is 6.09. The van der Waals surface area contributed by atoms with Crippen LogP contribution in [0.5, 0.6) is 5.75 Å². The highest BCUT2D eigenvalue weighted by Crippen LogP contribution is 2.45. The Morgan fingerprint density at radius 2 is 1.85 bits per heavy atom. The van der Waals surface area contributed by atoms with Gasteiger partial charge in [0.15, 0.2) is 11.6 Å². The lowest BCUT2D eigenvalue weighted by atomic mass is 10.00. The first-order valence-corrected chi connectivity index (χ1v) is 9.69. The van der Waals surface area contributed by atoms with Crippen LogP contribution in [-0.2, 0) is 15.6 Å². The van der Waals surface area contributed by atoms with Crippen molar-refractivity contribution in [3.05, 3.63) is 64.5 Å². The van der Waals surface area contributed by atoms with E-state index in [0.29, 0.717) is 0 Å². The molecule has 1 atom stereocenters. The van der Waals surface area contributed by atoms with Gasteiger partial charge in [-0.1, -0.05) is 12.1 Å². The summed E-state index contributed by atoms with van der Waals surface area (Å²) in [5, 5.41) is 0. The van der Waals surface area contributed by atoms with Gasteiger partial charge >= 0.3 is 0 Å². The second-order valence-corrected chi connectivity index (χ2v) is 7.47. The van der Waals surface area contributed by atoms with Crippen LogP contribution < -0.4 is 4.74 Å². The van der Waals surface area contributed by atoms with E-state index in [9.17, 15) is 13.4 Å². The van der Waals surface area contributed by atoms with Crippen LogP contribution >= 0.6 is 0 Å². The van der Waals surface area contributed by atoms with E-state index in [-0.39, 0.29) is 12.2 Å². The van der Waals surface area contributed by atoms with Crippen molar-refractivity contribution in [1.29, 1.82) is 0 Å². The zero-order chi connectivity index (χ0) is 18.8. The highest BCUT2D eigenvalue weighted by atomic mass is 32.2. The minimum atomic E-state index is -1.03. The summed E-state index contributed by atoms with van der Waals surface area (Å²) in [4.78, 5) is 11.9. The van der Waals surface area contributed by atoms with Gasteiger partial charge in [-0.25, -0.2) is 4.39 Å². The third-order valence-corrected chi connectivity index (χ3v) is 5.51. The zero-order valence-electron chi connectivity index (χ0n) is 14.8. The Kier molecular flexibility index (Phi) is 5.18. The molecule has 2 aromatic carbocycles. The Hall–Kier alpha value is -2.53. The Balaban J connectivity index is 2.14. The minimum Gasteiger partial charge on any atom is -0.494 e. The van der Waals surface area contributed by atoms with Gasteiger partial charge in [-0.3, -0.25) is 4.21 Å². The maximum Gasteiger partial charge on any atom is 0.165 e.